The number of aromatic amines is 1. The van der Waals surface area contributed by atoms with Crippen molar-refractivity contribution in [2.75, 3.05) is 12.3 Å². The lowest BCUT2D eigenvalue weighted by Crippen LogP contribution is -1.86. The van der Waals surface area contributed by atoms with Gasteiger partial charge in [-0.05, 0) is 23.8 Å². The fourth-order valence-electron chi connectivity index (χ4n) is 1.89. The Kier molecular flexibility index (Phi) is 2.04. The number of nitrogens with zero attached hydrogens (tertiary/aromatic N) is 1. The summed E-state index contributed by atoms with van der Waals surface area (Å²) in [5, 5.41) is 0.469. The molecular formula is C11H10ClN3O. The van der Waals surface area contributed by atoms with E-state index in [0.29, 0.717) is 16.8 Å². The van der Waals surface area contributed by atoms with Gasteiger partial charge in [-0.15, -0.1) is 0 Å². The first-order valence-corrected chi connectivity index (χ1v) is 5.39. The minimum Gasteiger partial charge on any atom is -0.493 e. The molecule has 1 aliphatic heterocycles. The number of benzene rings is 1. The Bertz CT molecular complexity index is 550. The molecule has 0 saturated carbocycles. The van der Waals surface area contributed by atoms with Crippen molar-refractivity contribution in [2.45, 2.75) is 6.42 Å². The number of hydrogen-bond donors (Lipinski definition) is 2. The fraction of sp³-hybridized carbons (Fsp3) is 0.182. The van der Waals surface area contributed by atoms with Gasteiger partial charge in [0.2, 0.25) is 0 Å². The number of nitrogens with one attached hydrogen (secondary N) is 1. The number of nitrogens with two attached hydrogens (primary N) is 1. The van der Waals surface area contributed by atoms with Crippen molar-refractivity contribution in [3.05, 3.63) is 28.9 Å². The fourth-order valence-corrected chi connectivity index (χ4v) is 2.14. The summed E-state index contributed by atoms with van der Waals surface area (Å²) in [5.41, 5.74) is 8.39. The minimum atomic E-state index is 0.330. The van der Waals surface area contributed by atoms with Gasteiger partial charge in [-0.2, -0.15) is 0 Å². The van der Waals surface area contributed by atoms with E-state index in [1.165, 1.54) is 5.56 Å². The summed E-state index contributed by atoms with van der Waals surface area (Å²) in [6, 6.07) is 5.92. The van der Waals surface area contributed by atoms with Crippen LogP contribution in [0.1, 0.15) is 5.56 Å². The highest BCUT2D eigenvalue weighted by atomic mass is 35.5. The molecule has 3 N–H and O–H groups in total. The number of aromatic nitrogens is 2. The van der Waals surface area contributed by atoms with Crippen LogP contribution in [0.3, 0.4) is 0 Å². The van der Waals surface area contributed by atoms with Gasteiger partial charge in [-0.1, -0.05) is 11.6 Å². The molecule has 82 valence electrons. The SMILES string of the molecule is Nc1nc(-c2ccc3c(c2)CCO3)c(Cl)[nH]1. The molecule has 0 amide bonds. The van der Waals surface area contributed by atoms with Crippen LogP contribution in [0.4, 0.5) is 5.95 Å². The van der Waals surface area contributed by atoms with Crippen molar-refractivity contribution in [1.29, 1.82) is 0 Å². The van der Waals surface area contributed by atoms with E-state index in [4.69, 9.17) is 22.1 Å². The van der Waals surface area contributed by atoms with Crippen LogP contribution in [0.2, 0.25) is 5.15 Å². The standard InChI is InChI=1S/C11H10ClN3O/c12-10-9(14-11(13)15-10)7-1-2-8-6(5-7)3-4-16-8/h1-2,5H,3-4H2,(H3,13,14,15). The van der Waals surface area contributed by atoms with Crippen LogP contribution >= 0.6 is 11.6 Å². The number of fused-ring (bicyclic) bond motifs is 1. The maximum absolute atomic E-state index is 6.00. The second-order valence-corrected chi connectivity index (χ2v) is 4.08. The van der Waals surface area contributed by atoms with Gasteiger partial charge in [0.1, 0.15) is 16.6 Å². The molecule has 0 spiro atoms. The molecular weight excluding hydrogens is 226 g/mol. The summed E-state index contributed by atoms with van der Waals surface area (Å²) in [6.07, 6.45) is 0.931. The maximum atomic E-state index is 6.00. The highest BCUT2D eigenvalue weighted by Crippen LogP contribution is 2.32. The van der Waals surface area contributed by atoms with Gasteiger partial charge in [0.05, 0.1) is 6.61 Å². The Hall–Kier alpha value is -1.68. The zero-order valence-corrected chi connectivity index (χ0v) is 9.21. The smallest absolute Gasteiger partial charge is 0.199 e. The zero-order valence-electron chi connectivity index (χ0n) is 8.46. The van der Waals surface area contributed by atoms with Gasteiger partial charge >= 0.3 is 0 Å². The summed E-state index contributed by atoms with van der Waals surface area (Å²) in [6.45, 7) is 0.745. The molecule has 0 bridgehead atoms. The van der Waals surface area contributed by atoms with Crippen LogP contribution < -0.4 is 10.5 Å². The van der Waals surface area contributed by atoms with E-state index in [-0.39, 0.29) is 0 Å². The van der Waals surface area contributed by atoms with Crippen LogP contribution in [0.5, 0.6) is 5.75 Å². The van der Waals surface area contributed by atoms with Crippen molar-refractivity contribution in [1.82, 2.24) is 9.97 Å². The Morgan fingerprint density at radius 3 is 3.06 bits per heavy atom. The van der Waals surface area contributed by atoms with Crippen molar-refractivity contribution < 1.29 is 4.74 Å². The first-order valence-electron chi connectivity index (χ1n) is 5.01. The van der Waals surface area contributed by atoms with Crippen LogP contribution in [0, 0.1) is 0 Å². The Morgan fingerprint density at radius 1 is 1.44 bits per heavy atom. The van der Waals surface area contributed by atoms with E-state index in [2.05, 4.69) is 9.97 Å². The van der Waals surface area contributed by atoms with Gasteiger partial charge in [-0.3, -0.25) is 0 Å². The topological polar surface area (TPSA) is 63.9 Å². The summed E-state index contributed by atoms with van der Waals surface area (Å²) in [4.78, 5) is 6.93. The lowest BCUT2D eigenvalue weighted by Gasteiger charge is -2.01. The molecule has 0 fully saturated rings. The average Bonchev–Trinajstić information content (AvgIpc) is 2.83. The molecule has 0 aliphatic carbocycles. The zero-order chi connectivity index (χ0) is 11.1. The van der Waals surface area contributed by atoms with Crippen molar-refractivity contribution in [3.8, 4) is 17.0 Å². The summed E-state index contributed by atoms with van der Waals surface area (Å²) in [7, 11) is 0. The molecule has 4 nitrogen and oxygen atoms in total. The number of halogens is 1. The van der Waals surface area contributed by atoms with Crippen LogP contribution in [-0.2, 0) is 6.42 Å². The third kappa shape index (κ3) is 1.42. The lowest BCUT2D eigenvalue weighted by molar-refractivity contribution is 0.357. The van der Waals surface area contributed by atoms with Gasteiger partial charge in [0.15, 0.2) is 5.95 Å². The normalized spacial score (nSPS) is 13.6. The average molecular weight is 236 g/mol. The van der Waals surface area contributed by atoms with Crippen LogP contribution in [-0.4, -0.2) is 16.6 Å². The minimum absolute atomic E-state index is 0.330. The summed E-state index contributed by atoms with van der Waals surface area (Å²) in [5.74, 6) is 1.28. The van der Waals surface area contributed by atoms with Crippen molar-refractivity contribution >= 4 is 17.5 Å². The number of anilines is 1. The van der Waals surface area contributed by atoms with Crippen molar-refractivity contribution in [3.63, 3.8) is 0 Å². The lowest BCUT2D eigenvalue weighted by atomic mass is 10.1. The van der Waals surface area contributed by atoms with E-state index in [9.17, 15) is 0 Å². The first-order chi connectivity index (χ1) is 7.74. The van der Waals surface area contributed by atoms with Crippen LogP contribution in [0.15, 0.2) is 18.2 Å². The number of imidazole rings is 1. The molecule has 0 radical (unpaired) electrons. The summed E-state index contributed by atoms with van der Waals surface area (Å²) >= 11 is 6.00. The highest BCUT2D eigenvalue weighted by Gasteiger charge is 2.15. The molecule has 1 aliphatic rings. The molecule has 0 unspecified atom stereocenters. The monoisotopic (exact) mass is 235 g/mol. The highest BCUT2D eigenvalue weighted by molar-refractivity contribution is 6.32. The Balaban J connectivity index is 2.10. The second-order valence-electron chi connectivity index (χ2n) is 3.71. The molecule has 16 heavy (non-hydrogen) atoms. The largest absolute Gasteiger partial charge is 0.493 e. The van der Waals surface area contributed by atoms with Gasteiger partial charge < -0.3 is 15.5 Å². The van der Waals surface area contributed by atoms with E-state index >= 15 is 0 Å². The third-order valence-corrected chi connectivity index (χ3v) is 2.91. The second kappa shape index (κ2) is 3.42. The van der Waals surface area contributed by atoms with Gasteiger partial charge in [0, 0.05) is 12.0 Å². The molecule has 1 aromatic carbocycles. The molecule has 3 rings (SSSR count). The Morgan fingerprint density at radius 2 is 2.31 bits per heavy atom. The number of rotatable bonds is 1. The Labute approximate surface area is 97.4 Å². The molecule has 1 aromatic heterocycles. The molecule has 2 heterocycles. The van der Waals surface area contributed by atoms with Crippen LogP contribution in [0.25, 0.3) is 11.3 Å². The number of nitrogen functional groups attached to an aromatic ring is 1. The predicted octanol–water partition coefficient (Wildman–Crippen LogP) is 2.25. The first kappa shape index (κ1) is 9.54. The van der Waals surface area contributed by atoms with E-state index in [0.717, 1.165) is 24.3 Å². The van der Waals surface area contributed by atoms with Crippen molar-refractivity contribution in [2.24, 2.45) is 0 Å². The molecule has 0 saturated heterocycles. The number of ether oxygens (including phenoxy) is 1. The molecule has 5 heteroatoms. The molecule has 2 aromatic rings. The van der Waals surface area contributed by atoms with E-state index < -0.39 is 0 Å². The number of H-pyrrole nitrogens is 1. The third-order valence-electron chi connectivity index (χ3n) is 2.64. The van der Waals surface area contributed by atoms with E-state index in [1.807, 2.05) is 18.2 Å². The predicted molar refractivity (Wildman–Crippen MR) is 62.6 cm³/mol. The van der Waals surface area contributed by atoms with E-state index in [1.54, 1.807) is 0 Å². The quantitative estimate of drug-likeness (QED) is 0.797. The van der Waals surface area contributed by atoms with Gasteiger partial charge in [0.25, 0.3) is 0 Å². The van der Waals surface area contributed by atoms with Gasteiger partial charge in [-0.25, -0.2) is 4.98 Å². The molecule has 0 atom stereocenters. The number of hydrogen-bond acceptors (Lipinski definition) is 3. The summed E-state index contributed by atoms with van der Waals surface area (Å²) < 4.78 is 5.44. The maximum Gasteiger partial charge on any atom is 0.199 e.